The molecule has 3 aliphatic rings. The number of aryl methyl sites for hydroxylation is 1. The third-order valence-electron chi connectivity index (χ3n) is 7.55. The van der Waals surface area contributed by atoms with Crippen molar-refractivity contribution in [2.75, 3.05) is 44.5 Å². The maximum absolute atomic E-state index is 13.7. The molecule has 200 valence electrons. The van der Waals surface area contributed by atoms with Crippen LogP contribution in [0, 0.1) is 6.92 Å². The Balaban J connectivity index is 1.33. The van der Waals surface area contributed by atoms with Crippen LogP contribution in [0.2, 0.25) is 0 Å². The van der Waals surface area contributed by atoms with Crippen molar-refractivity contribution in [2.24, 2.45) is 0 Å². The summed E-state index contributed by atoms with van der Waals surface area (Å²) < 4.78 is 18.6. The van der Waals surface area contributed by atoms with Gasteiger partial charge in [0, 0.05) is 49.4 Å². The first kappa shape index (κ1) is 24.7. The van der Waals surface area contributed by atoms with E-state index in [2.05, 4.69) is 22.1 Å². The Morgan fingerprint density at radius 1 is 1.11 bits per heavy atom. The van der Waals surface area contributed by atoms with Gasteiger partial charge in [0.1, 0.15) is 12.4 Å². The second kappa shape index (κ2) is 11.0. The fourth-order valence-electron chi connectivity index (χ4n) is 5.46. The van der Waals surface area contributed by atoms with Crippen LogP contribution in [-0.4, -0.2) is 65.2 Å². The van der Waals surface area contributed by atoms with Crippen molar-refractivity contribution in [3.8, 4) is 11.5 Å². The molecule has 1 aliphatic carbocycles. The van der Waals surface area contributed by atoms with E-state index in [4.69, 9.17) is 19.2 Å². The number of nitrogens with zero attached hydrogens (tertiary/aromatic N) is 5. The van der Waals surface area contributed by atoms with Crippen molar-refractivity contribution in [1.29, 1.82) is 0 Å². The number of pyridine rings is 1. The number of benzene rings is 1. The van der Waals surface area contributed by atoms with E-state index in [0.29, 0.717) is 26.3 Å². The molecule has 1 saturated heterocycles. The molecule has 0 radical (unpaired) electrons. The van der Waals surface area contributed by atoms with Gasteiger partial charge in [-0.2, -0.15) is 5.10 Å². The first-order chi connectivity index (χ1) is 18.6. The Morgan fingerprint density at radius 3 is 2.71 bits per heavy atom. The minimum Gasteiger partial charge on any atom is -0.454 e. The number of ether oxygens (including phenoxy) is 3. The van der Waals surface area contributed by atoms with Gasteiger partial charge >= 0.3 is 0 Å². The number of rotatable bonds is 8. The van der Waals surface area contributed by atoms with Gasteiger partial charge in [0.25, 0.3) is 0 Å². The molecule has 2 aromatic heterocycles. The molecule has 1 fully saturated rings. The van der Waals surface area contributed by atoms with Crippen molar-refractivity contribution in [3.05, 3.63) is 53.4 Å². The maximum atomic E-state index is 13.7. The quantitative estimate of drug-likeness (QED) is 0.414. The van der Waals surface area contributed by atoms with E-state index in [-0.39, 0.29) is 19.2 Å². The lowest BCUT2D eigenvalue weighted by molar-refractivity contribution is -0.132. The van der Waals surface area contributed by atoms with E-state index >= 15 is 0 Å². The van der Waals surface area contributed by atoms with Gasteiger partial charge in [-0.25, -0.2) is 4.98 Å². The molecule has 1 aromatic carbocycles. The van der Waals surface area contributed by atoms with E-state index in [1.807, 2.05) is 36.2 Å². The number of amides is 1. The SMILES string of the molecule is Cc1ccn(CC(=O)N(CCC2=CCCCC2)Cc2cc3cc4c(cc3nc2N2CCOCC2)OCO4)n1. The van der Waals surface area contributed by atoms with Crippen molar-refractivity contribution >= 4 is 22.6 Å². The number of carbonyl (C=O) groups is 1. The standard InChI is InChI=1S/C29H35N5O4/c1-21-7-10-34(31-21)19-28(35)33(9-8-22-5-3-2-4-6-22)18-24-15-23-16-26-27(38-20-37-26)17-25(23)30-29(24)32-11-13-36-14-12-32/h5,7,10,15-17H,2-4,6,8-9,11-14,18-20H2,1H3. The van der Waals surface area contributed by atoms with E-state index in [1.54, 1.807) is 4.68 Å². The van der Waals surface area contributed by atoms with Gasteiger partial charge in [0.15, 0.2) is 11.5 Å². The van der Waals surface area contributed by atoms with Crippen LogP contribution in [-0.2, 0) is 22.6 Å². The van der Waals surface area contributed by atoms with Crippen LogP contribution >= 0.6 is 0 Å². The first-order valence-electron chi connectivity index (χ1n) is 13.6. The summed E-state index contributed by atoms with van der Waals surface area (Å²) in [6, 6.07) is 8.03. The van der Waals surface area contributed by atoms with Crippen molar-refractivity contribution in [2.45, 2.75) is 52.1 Å². The summed E-state index contributed by atoms with van der Waals surface area (Å²) in [6.07, 6.45) is 9.90. The zero-order valence-corrected chi connectivity index (χ0v) is 22.0. The topological polar surface area (TPSA) is 82.0 Å². The molecule has 9 nitrogen and oxygen atoms in total. The molecule has 1 amide bonds. The third kappa shape index (κ3) is 5.48. The van der Waals surface area contributed by atoms with Gasteiger partial charge in [0.05, 0.1) is 24.4 Å². The monoisotopic (exact) mass is 517 g/mol. The van der Waals surface area contributed by atoms with Gasteiger partial charge in [-0.3, -0.25) is 9.48 Å². The van der Waals surface area contributed by atoms with Crippen LogP contribution in [0.4, 0.5) is 5.82 Å². The Morgan fingerprint density at radius 2 is 1.95 bits per heavy atom. The molecule has 3 aromatic rings. The Bertz CT molecular complexity index is 1340. The highest BCUT2D eigenvalue weighted by atomic mass is 16.7. The van der Waals surface area contributed by atoms with Gasteiger partial charge in [-0.1, -0.05) is 11.6 Å². The highest BCUT2D eigenvalue weighted by Crippen LogP contribution is 2.37. The van der Waals surface area contributed by atoms with Crippen LogP contribution in [0.1, 0.15) is 43.4 Å². The number of hydrogen-bond donors (Lipinski definition) is 0. The van der Waals surface area contributed by atoms with E-state index in [1.165, 1.54) is 18.4 Å². The van der Waals surface area contributed by atoms with Crippen molar-refractivity contribution in [1.82, 2.24) is 19.7 Å². The molecule has 0 unspecified atom stereocenters. The zero-order chi connectivity index (χ0) is 25.9. The second-order valence-electron chi connectivity index (χ2n) is 10.3. The minimum absolute atomic E-state index is 0.0585. The summed E-state index contributed by atoms with van der Waals surface area (Å²) in [7, 11) is 0. The van der Waals surface area contributed by atoms with Gasteiger partial charge in [0.2, 0.25) is 12.7 Å². The Labute approximate surface area is 223 Å². The lowest BCUT2D eigenvalue weighted by Crippen LogP contribution is -2.39. The largest absolute Gasteiger partial charge is 0.454 e. The fourth-order valence-corrected chi connectivity index (χ4v) is 5.46. The first-order valence-corrected chi connectivity index (χ1v) is 13.6. The molecule has 0 saturated carbocycles. The van der Waals surface area contributed by atoms with Crippen LogP contribution in [0.5, 0.6) is 11.5 Å². The van der Waals surface area contributed by atoms with E-state index in [0.717, 1.165) is 71.8 Å². The van der Waals surface area contributed by atoms with Gasteiger partial charge < -0.3 is 24.0 Å². The number of allylic oxidation sites excluding steroid dienone is 1. The average molecular weight is 518 g/mol. The van der Waals surface area contributed by atoms with Crippen molar-refractivity contribution < 1.29 is 19.0 Å². The number of aromatic nitrogens is 3. The summed E-state index contributed by atoms with van der Waals surface area (Å²) in [4.78, 5) is 23.0. The highest BCUT2D eigenvalue weighted by molar-refractivity contribution is 5.86. The summed E-state index contributed by atoms with van der Waals surface area (Å²) >= 11 is 0. The molecular formula is C29H35N5O4. The number of morpholine rings is 1. The van der Waals surface area contributed by atoms with Crippen molar-refractivity contribution in [3.63, 3.8) is 0 Å². The third-order valence-corrected chi connectivity index (χ3v) is 7.55. The van der Waals surface area contributed by atoms with Crippen LogP contribution in [0.3, 0.4) is 0 Å². The second-order valence-corrected chi connectivity index (χ2v) is 10.3. The molecule has 0 N–H and O–H groups in total. The lowest BCUT2D eigenvalue weighted by atomic mass is 9.97. The molecule has 2 aliphatic heterocycles. The number of anilines is 1. The number of fused-ring (bicyclic) bond motifs is 2. The predicted molar refractivity (Wildman–Crippen MR) is 144 cm³/mol. The smallest absolute Gasteiger partial charge is 0.244 e. The molecule has 9 heteroatoms. The highest BCUT2D eigenvalue weighted by Gasteiger charge is 2.24. The normalized spacial score (nSPS) is 17.1. The predicted octanol–water partition coefficient (Wildman–Crippen LogP) is 4.22. The van der Waals surface area contributed by atoms with Crippen LogP contribution in [0.25, 0.3) is 10.9 Å². The summed E-state index contributed by atoms with van der Waals surface area (Å²) in [5.74, 6) is 2.42. The molecule has 0 spiro atoms. The molecule has 6 rings (SSSR count). The van der Waals surface area contributed by atoms with Crippen LogP contribution in [0.15, 0.2) is 42.1 Å². The molecule has 0 atom stereocenters. The average Bonchev–Trinajstić information content (AvgIpc) is 3.58. The van der Waals surface area contributed by atoms with Crippen LogP contribution < -0.4 is 14.4 Å². The summed E-state index contributed by atoms with van der Waals surface area (Å²) in [5.41, 5.74) is 4.25. The molecule has 0 bridgehead atoms. The van der Waals surface area contributed by atoms with E-state index < -0.39 is 0 Å². The lowest BCUT2D eigenvalue weighted by Gasteiger charge is -2.31. The number of hydrogen-bond acceptors (Lipinski definition) is 7. The molecule has 38 heavy (non-hydrogen) atoms. The maximum Gasteiger partial charge on any atom is 0.244 e. The Hall–Kier alpha value is -3.59. The zero-order valence-electron chi connectivity index (χ0n) is 22.0. The number of carbonyl (C=O) groups excluding carboxylic acids is 1. The summed E-state index contributed by atoms with van der Waals surface area (Å²) in [6.45, 7) is 6.40. The molecular weight excluding hydrogens is 482 g/mol. The van der Waals surface area contributed by atoms with E-state index in [9.17, 15) is 4.79 Å². The summed E-state index contributed by atoms with van der Waals surface area (Å²) in [5, 5.41) is 5.43. The molecule has 4 heterocycles. The fraction of sp³-hybridized carbons (Fsp3) is 0.483. The van der Waals surface area contributed by atoms with Gasteiger partial charge in [-0.15, -0.1) is 0 Å². The van der Waals surface area contributed by atoms with Gasteiger partial charge in [-0.05, 0) is 57.2 Å². The Kier molecular flexibility index (Phi) is 7.18. The minimum atomic E-state index is 0.0585.